The van der Waals surface area contributed by atoms with Crippen LogP contribution in [0.5, 0.6) is 17.6 Å². The van der Waals surface area contributed by atoms with Gasteiger partial charge in [-0.05, 0) is 47.9 Å². The van der Waals surface area contributed by atoms with Crippen molar-refractivity contribution in [2.75, 3.05) is 20.2 Å². The van der Waals surface area contributed by atoms with E-state index in [0.717, 1.165) is 35.7 Å². The first-order valence-corrected chi connectivity index (χ1v) is 13.6. The number of aromatic nitrogens is 3. The smallest absolute Gasteiger partial charge is 0.320 e. The van der Waals surface area contributed by atoms with Crippen molar-refractivity contribution in [2.45, 2.75) is 32.4 Å². The van der Waals surface area contributed by atoms with E-state index in [9.17, 15) is 5.11 Å². The van der Waals surface area contributed by atoms with Gasteiger partial charge in [0.2, 0.25) is 5.88 Å². The van der Waals surface area contributed by atoms with Crippen LogP contribution in [0.2, 0.25) is 0 Å². The van der Waals surface area contributed by atoms with Gasteiger partial charge in [0, 0.05) is 24.3 Å². The Kier molecular flexibility index (Phi) is 7.17. The Bertz CT molecular complexity index is 1660. The van der Waals surface area contributed by atoms with Crippen molar-refractivity contribution in [2.24, 2.45) is 5.92 Å². The molecule has 6 rings (SSSR count). The molecule has 2 atom stereocenters. The van der Waals surface area contributed by atoms with E-state index in [1.54, 1.807) is 6.07 Å². The van der Waals surface area contributed by atoms with Gasteiger partial charge >= 0.3 is 6.01 Å². The third-order valence-electron chi connectivity index (χ3n) is 7.71. The summed E-state index contributed by atoms with van der Waals surface area (Å²) in [4.78, 5) is 15.8. The third kappa shape index (κ3) is 5.14. The Balaban J connectivity index is 1.41. The van der Waals surface area contributed by atoms with E-state index < -0.39 is 5.82 Å². The van der Waals surface area contributed by atoms with Crippen LogP contribution in [0.4, 0.5) is 4.39 Å². The highest BCUT2D eigenvalue weighted by molar-refractivity contribution is 5.99. The second kappa shape index (κ2) is 11.1. The lowest BCUT2D eigenvalue weighted by Crippen LogP contribution is -2.31. The second-order valence-corrected chi connectivity index (χ2v) is 10.4. The molecule has 0 saturated carbocycles. The molecule has 1 aliphatic heterocycles. The predicted molar refractivity (Wildman–Crippen MR) is 153 cm³/mol. The molecule has 5 aromatic rings. The van der Waals surface area contributed by atoms with Crippen molar-refractivity contribution in [1.29, 1.82) is 0 Å². The van der Waals surface area contributed by atoms with Crippen LogP contribution in [-0.2, 0) is 6.61 Å². The summed E-state index contributed by atoms with van der Waals surface area (Å²) in [5.41, 5.74) is 1.56. The summed E-state index contributed by atoms with van der Waals surface area (Å²) in [6.45, 7) is 3.87. The van der Waals surface area contributed by atoms with Crippen molar-refractivity contribution >= 4 is 21.7 Å². The minimum Gasteiger partial charge on any atom is -0.508 e. The Hall–Kier alpha value is -4.30. The molecule has 0 spiro atoms. The number of rotatable bonds is 8. The topological polar surface area (TPSA) is 80.6 Å². The summed E-state index contributed by atoms with van der Waals surface area (Å²) in [5, 5.41) is 12.3. The van der Waals surface area contributed by atoms with Crippen molar-refractivity contribution in [1.82, 2.24) is 19.9 Å². The van der Waals surface area contributed by atoms with E-state index in [4.69, 9.17) is 9.47 Å². The minimum atomic E-state index is -0.630. The van der Waals surface area contributed by atoms with Crippen LogP contribution in [0.3, 0.4) is 0 Å². The van der Waals surface area contributed by atoms with Crippen LogP contribution in [0.1, 0.15) is 25.3 Å². The maximum Gasteiger partial charge on any atom is 0.320 e. The number of fused-ring (bicyclic) bond motifs is 2. The fraction of sp³-hybridized carbons (Fsp3) is 0.281. The van der Waals surface area contributed by atoms with Crippen LogP contribution >= 0.6 is 0 Å². The van der Waals surface area contributed by atoms with Crippen molar-refractivity contribution in [3.05, 3.63) is 84.3 Å². The minimum absolute atomic E-state index is 0.0275. The van der Waals surface area contributed by atoms with E-state index in [1.807, 2.05) is 54.6 Å². The Morgan fingerprint density at radius 2 is 1.80 bits per heavy atom. The normalized spacial score (nSPS) is 17.5. The van der Waals surface area contributed by atoms with Crippen LogP contribution in [0.15, 0.2) is 72.9 Å². The molecule has 8 heteroatoms. The zero-order valence-electron chi connectivity index (χ0n) is 22.5. The fourth-order valence-electron chi connectivity index (χ4n) is 5.45. The lowest BCUT2D eigenvalue weighted by Gasteiger charge is -2.19. The summed E-state index contributed by atoms with van der Waals surface area (Å²) >= 11 is 0. The lowest BCUT2D eigenvalue weighted by atomic mass is 10.0. The largest absolute Gasteiger partial charge is 0.508 e. The number of nitrogens with zero attached hydrogens (tertiary/aromatic N) is 4. The molecule has 1 fully saturated rings. The van der Waals surface area contributed by atoms with Gasteiger partial charge < -0.3 is 14.6 Å². The molecule has 204 valence electrons. The van der Waals surface area contributed by atoms with E-state index in [1.165, 1.54) is 12.3 Å². The molecule has 0 bridgehead atoms. The molecule has 3 heterocycles. The quantitative estimate of drug-likeness (QED) is 0.246. The first-order chi connectivity index (χ1) is 19.5. The first kappa shape index (κ1) is 26.0. The van der Waals surface area contributed by atoms with Gasteiger partial charge in [0.1, 0.15) is 30.2 Å². The molecule has 2 aromatic heterocycles. The number of hydrogen-bond acceptors (Lipinski definition) is 7. The van der Waals surface area contributed by atoms with Crippen molar-refractivity contribution in [3.8, 4) is 28.9 Å². The zero-order valence-corrected chi connectivity index (χ0v) is 22.5. The molecule has 40 heavy (non-hydrogen) atoms. The van der Waals surface area contributed by atoms with Gasteiger partial charge in [-0.3, -0.25) is 9.88 Å². The van der Waals surface area contributed by atoms with Gasteiger partial charge in [-0.15, -0.1) is 0 Å². The number of phenols is 1. The predicted octanol–water partition coefficient (Wildman–Crippen LogP) is 6.38. The van der Waals surface area contributed by atoms with Crippen molar-refractivity contribution in [3.63, 3.8) is 0 Å². The first-order valence-electron chi connectivity index (χ1n) is 13.6. The number of likely N-dealkylation sites (tertiary alicyclic amines) is 1. The molecule has 3 aromatic carbocycles. The Morgan fingerprint density at radius 3 is 2.60 bits per heavy atom. The van der Waals surface area contributed by atoms with E-state index >= 15 is 4.39 Å². The number of aromatic hydroxyl groups is 1. The second-order valence-electron chi connectivity index (χ2n) is 10.4. The standard InChI is InChI=1S/C32H31FN4O3/c1-3-20-13-23(37(2)17-20)19-40-32-35-30-27(31(36-32)39-18-21-9-5-4-6-10-21)16-34-29(28(30)33)26-15-24(38)14-22-11-7-8-12-25(22)26/h4-12,14-16,20,23,38H,3,13,17-19H2,1-2H3/t20?,23-/m0/s1. The SMILES string of the molecule is CCC1C[C@@H](COc2nc(OCc3ccccc3)c3cnc(-c4cc(O)cc5ccccc45)c(F)c3n2)N(C)C1. The molecular formula is C32H31FN4O3. The summed E-state index contributed by atoms with van der Waals surface area (Å²) in [6, 6.07) is 20.6. The molecule has 0 aliphatic carbocycles. The number of halogens is 1. The monoisotopic (exact) mass is 538 g/mol. The highest BCUT2D eigenvalue weighted by atomic mass is 19.1. The van der Waals surface area contributed by atoms with E-state index in [2.05, 4.69) is 33.8 Å². The molecule has 1 saturated heterocycles. The molecule has 7 nitrogen and oxygen atoms in total. The Labute approximate surface area is 232 Å². The highest BCUT2D eigenvalue weighted by Crippen LogP contribution is 2.36. The maximum absolute atomic E-state index is 16.3. The van der Waals surface area contributed by atoms with E-state index in [-0.39, 0.29) is 41.5 Å². The van der Waals surface area contributed by atoms with Crippen LogP contribution < -0.4 is 9.47 Å². The Morgan fingerprint density at radius 1 is 1.00 bits per heavy atom. The number of likely N-dealkylation sites (N-methyl/N-ethyl adjacent to an activating group) is 1. The van der Waals surface area contributed by atoms with Gasteiger partial charge in [0.15, 0.2) is 5.82 Å². The molecular weight excluding hydrogens is 507 g/mol. The third-order valence-corrected chi connectivity index (χ3v) is 7.71. The fourth-order valence-corrected chi connectivity index (χ4v) is 5.45. The molecule has 0 radical (unpaired) electrons. The van der Waals surface area contributed by atoms with Crippen LogP contribution in [0.25, 0.3) is 32.9 Å². The van der Waals surface area contributed by atoms with Gasteiger partial charge in [-0.2, -0.15) is 9.97 Å². The average molecular weight is 539 g/mol. The van der Waals surface area contributed by atoms with Gasteiger partial charge in [0.05, 0.1) is 5.39 Å². The van der Waals surface area contributed by atoms with E-state index in [0.29, 0.717) is 23.5 Å². The van der Waals surface area contributed by atoms with Crippen molar-refractivity contribution < 1.29 is 19.0 Å². The number of ether oxygens (including phenoxy) is 2. The number of pyridine rings is 1. The number of hydrogen-bond donors (Lipinski definition) is 1. The van der Waals surface area contributed by atoms with Crippen LogP contribution in [0, 0.1) is 11.7 Å². The maximum atomic E-state index is 16.3. The van der Waals surface area contributed by atoms with Gasteiger partial charge in [-0.25, -0.2) is 4.39 Å². The van der Waals surface area contributed by atoms with Gasteiger partial charge in [0.25, 0.3) is 0 Å². The molecule has 1 aliphatic rings. The highest BCUT2D eigenvalue weighted by Gasteiger charge is 2.29. The molecule has 1 unspecified atom stereocenters. The number of phenolic OH excluding ortho intramolecular Hbond substituents is 1. The molecule has 1 N–H and O–H groups in total. The number of benzene rings is 3. The average Bonchev–Trinajstić information content (AvgIpc) is 3.34. The summed E-state index contributed by atoms with van der Waals surface area (Å²) in [5.74, 6) is 0.228. The summed E-state index contributed by atoms with van der Waals surface area (Å²) < 4.78 is 28.4. The summed E-state index contributed by atoms with van der Waals surface area (Å²) in [7, 11) is 2.09. The van der Waals surface area contributed by atoms with Gasteiger partial charge in [-0.1, -0.05) is 67.9 Å². The van der Waals surface area contributed by atoms with Crippen LogP contribution in [-0.4, -0.2) is 51.2 Å². The molecule has 0 amide bonds. The summed E-state index contributed by atoms with van der Waals surface area (Å²) in [6.07, 6.45) is 3.67. The lowest BCUT2D eigenvalue weighted by molar-refractivity contribution is 0.185. The zero-order chi connectivity index (χ0) is 27.6.